The van der Waals surface area contributed by atoms with Gasteiger partial charge in [0.15, 0.2) is 0 Å². The van der Waals surface area contributed by atoms with Crippen LogP contribution in [0.2, 0.25) is 0 Å². The van der Waals surface area contributed by atoms with Gasteiger partial charge in [-0.2, -0.15) is 0 Å². The van der Waals surface area contributed by atoms with Gasteiger partial charge >= 0.3 is 5.97 Å². The van der Waals surface area contributed by atoms with Crippen LogP contribution in [0.3, 0.4) is 0 Å². The van der Waals surface area contributed by atoms with Gasteiger partial charge in [-0.3, -0.25) is 14.2 Å². The molecule has 5 nitrogen and oxygen atoms in total. The number of carbonyl (C=O) groups is 1. The molecule has 3 aromatic rings. The summed E-state index contributed by atoms with van der Waals surface area (Å²) >= 11 is 1.49. The van der Waals surface area contributed by atoms with Crippen molar-refractivity contribution in [1.29, 1.82) is 0 Å². The number of aryl methyl sites for hydroxylation is 2. The van der Waals surface area contributed by atoms with E-state index in [2.05, 4.69) is 4.98 Å². The van der Waals surface area contributed by atoms with Gasteiger partial charge in [0, 0.05) is 10.4 Å². The molecule has 0 aliphatic heterocycles. The highest BCUT2D eigenvalue weighted by Gasteiger charge is 2.17. The van der Waals surface area contributed by atoms with E-state index in [0.717, 1.165) is 21.6 Å². The van der Waals surface area contributed by atoms with Crippen LogP contribution in [0.1, 0.15) is 17.4 Å². The quantitative estimate of drug-likeness (QED) is 0.683. The van der Waals surface area contributed by atoms with Crippen molar-refractivity contribution in [2.75, 3.05) is 6.61 Å². The number of hydrogen-bond acceptors (Lipinski definition) is 5. The van der Waals surface area contributed by atoms with E-state index in [1.807, 2.05) is 38.1 Å². The number of hydrogen-bond donors (Lipinski definition) is 0. The van der Waals surface area contributed by atoms with Gasteiger partial charge < -0.3 is 4.74 Å². The van der Waals surface area contributed by atoms with Crippen LogP contribution in [0, 0.1) is 13.8 Å². The van der Waals surface area contributed by atoms with Crippen molar-refractivity contribution < 1.29 is 9.53 Å². The molecule has 0 unspecified atom stereocenters. The Morgan fingerprint density at radius 3 is 2.62 bits per heavy atom. The first-order chi connectivity index (χ1) is 11.5. The second kappa shape index (κ2) is 6.57. The summed E-state index contributed by atoms with van der Waals surface area (Å²) in [5.74, 6) is -0.440. The fourth-order valence-electron chi connectivity index (χ4n) is 2.66. The molecule has 2 heterocycles. The Labute approximate surface area is 143 Å². The zero-order chi connectivity index (χ0) is 17.3. The molecule has 0 fully saturated rings. The molecule has 0 saturated carbocycles. The Hall–Kier alpha value is -2.47. The lowest BCUT2D eigenvalue weighted by Crippen LogP contribution is -2.25. The molecule has 0 radical (unpaired) electrons. The fraction of sp³-hybridized carbons (Fsp3) is 0.278. The molecule has 0 N–H and O–H groups in total. The number of aromatic nitrogens is 2. The highest BCUT2D eigenvalue weighted by atomic mass is 32.1. The third-order valence-corrected chi connectivity index (χ3v) is 4.81. The molecule has 1 aromatic carbocycles. The van der Waals surface area contributed by atoms with Crippen LogP contribution in [0.15, 0.2) is 35.4 Å². The Kier molecular flexibility index (Phi) is 4.49. The van der Waals surface area contributed by atoms with Gasteiger partial charge in [-0.15, -0.1) is 11.3 Å². The van der Waals surface area contributed by atoms with Gasteiger partial charge in [0.05, 0.1) is 18.3 Å². The molecule has 0 aliphatic rings. The van der Waals surface area contributed by atoms with Gasteiger partial charge in [0.25, 0.3) is 5.56 Å². The average molecular weight is 342 g/mol. The first-order valence-corrected chi connectivity index (χ1v) is 8.54. The predicted molar refractivity (Wildman–Crippen MR) is 95.4 cm³/mol. The molecule has 0 atom stereocenters. The summed E-state index contributed by atoms with van der Waals surface area (Å²) in [7, 11) is 0. The molecule has 2 aromatic heterocycles. The number of carbonyl (C=O) groups excluding carboxylic acids is 1. The van der Waals surface area contributed by atoms with E-state index in [0.29, 0.717) is 10.2 Å². The Balaban J connectivity index is 2.16. The van der Waals surface area contributed by atoms with E-state index in [9.17, 15) is 9.59 Å². The van der Waals surface area contributed by atoms with Crippen molar-refractivity contribution in [3.8, 4) is 11.1 Å². The molecule has 0 bridgehead atoms. The summed E-state index contributed by atoms with van der Waals surface area (Å²) in [5.41, 5.74) is 2.82. The lowest BCUT2D eigenvalue weighted by Gasteiger charge is -2.06. The Bertz CT molecular complexity index is 955. The monoisotopic (exact) mass is 342 g/mol. The normalized spacial score (nSPS) is 11.0. The van der Waals surface area contributed by atoms with Crippen LogP contribution < -0.4 is 5.56 Å². The maximum atomic E-state index is 12.9. The molecule has 3 rings (SSSR count). The lowest BCUT2D eigenvalue weighted by molar-refractivity contribution is -0.143. The minimum atomic E-state index is -0.440. The van der Waals surface area contributed by atoms with Gasteiger partial charge in [-0.25, -0.2) is 4.98 Å². The van der Waals surface area contributed by atoms with Gasteiger partial charge in [-0.1, -0.05) is 29.8 Å². The maximum absolute atomic E-state index is 12.9. The van der Waals surface area contributed by atoms with Crippen molar-refractivity contribution in [2.45, 2.75) is 27.3 Å². The number of esters is 1. The van der Waals surface area contributed by atoms with E-state index in [4.69, 9.17) is 4.74 Å². The minimum Gasteiger partial charge on any atom is -0.465 e. The topological polar surface area (TPSA) is 61.2 Å². The van der Waals surface area contributed by atoms with Crippen molar-refractivity contribution in [1.82, 2.24) is 9.55 Å². The third-order valence-electron chi connectivity index (χ3n) is 3.80. The smallest absolute Gasteiger partial charge is 0.326 e. The SMILES string of the molecule is CCOC(=O)Cn1cnc2sc(C)c(-c3ccc(C)cc3)c2c1=O. The van der Waals surface area contributed by atoms with Crippen molar-refractivity contribution in [3.63, 3.8) is 0 Å². The molecular weight excluding hydrogens is 324 g/mol. The number of fused-ring (bicyclic) bond motifs is 1. The van der Waals surface area contributed by atoms with E-state index < -0.39 is 5.97 Å². The van der Waals surface area contributed by atoms with Crippen molar-refractivity contribution in [3.05, 3.63) is 51.4 Å². The number of ether oxygens (including phenoxy) is 1. The maximum Gasteiger partial charge on any atom is 0.326 e. The zero-order valence-electron chi connectivity index (χ0n) is 13.8. The van der Waals surface area contributed by atoms with Gasteiger partial charge in [0.2, 0.25) is 0 Å². The van der Waals surface area contributed by atoms with Crippen LogP contribution in [0.25, 0.3) is 21.3 Å². The summed E-state index contributed by atoms with van der Waals surface area (Å²) in [4.78, 5) is 30.6. The largest absolute Gasteiger partial charge is 0.465 e. The summed E-state index contributed by atoms with van der Waals surface area (Å²) in [6.07, 6.45) is 1.41. The Morgan fingerprint density at radius 2 is 1.96 bits per heavy atom. The van der Waals surface area contributed by atoms with Crippen molar-refractivity contribution in [2.24, 2.45) is 0 Å². The highest BCUT2D eigenvalue weighted by molar-refractivity contribution is 7.19. The molecule has 6 heteroatoms. The predicted octanol–water partition coefficient (Wildman–Crippen LogP) is 3.30. The van der Waals surface area contributed by atoms with Gasteiger partial charge in [0.1, 0.15) is 11.4 Å². The number of nitrogens with zero attached hydrogens (tertiary/aromatic N) is 2. The standard InChI is InChI=1S/C18H18N2O3S/c1-4-23-14(21)9-20-10-19-17-16(18(20)22)15(12(3)24-17)13-7-5-11(2)6-8-13/h5-8,10H,4,9H2,1-3H3. The molecular formula is C18H18N2O3S. The molecule has 124 valence electrons. The molecule has 0 amide bonds. The third kappa shape index (κ3) is 2.97. The minimum absolute atomic E-state index is 0.127. The first-order valence-electron chi connectivity index (χ1n) is 7.72. The van der Waals surface area contributed by atoms with Crippen LogP contribution in [-0.4, -0.2) is 22.1 Å². The van der Waals surface area contributed by atoms with Crippen molar-refractivity contribution >= 4 is 27.5 Å². The summed E-state index contributed by atoms with van der Waals surface area (Å²) in [6.45, 7) is 5.90. The van der Waals surface area contributed by atoms with E-state index in [-0.39, 0.29) is 18.7 Å². The summed E-state index contributed by atoms with van der Waals surface area (Å²) in [6, 6.07) is 8.05. The van der Waals surface area contributed by atoms with Crippen LogP contribution in [0.5, 0.6) is 0 Å². The van der Waals surface area contributed by atoms with Crippen LogP contribution >= 0.6 is 11.3 Å². The molecule has 0 saturated heterocycles. The first kappa shape index (κ1) is 16.4. The zero-order valence-corrected chi connectivity index (χ0v) is 14.6. The van der Waals surface area contributed by atoms with E-state index in [1.54, 1.807) is 6.92 Å². The highest BCUT2D eigenvalue weighted by Crippen LogP contribution is 2.35. The summed E-state index contributed by atoms with van der Waals surface area (Å²) < 4.78 is 6.23. The summed E-state index contributed by atoms with van der Waals surface area (Å²) in [5, 5.41) is 0.563. The second-order valence-electron chi connectivity index (χ2n) is 5.56. The van der Waals surface area contributed by atoms with Crippen LogP contribution in [-0.2, 0) is 16.1 Å². The Morgan fingerprint density at radius 1 is 1.25 bits per heavy atom. The fourth-order valence-corrected chi connectivity index (χ4v) is 3.67. The van der Waals surface area contributed by atoms with E-state index >= 15 is 0 Å². The number of thiophene rings is 1. The van der Waals surface area contributed by atoms with Gasteiger partial charge in [-0.05, 0) is 26.3 Å². The molecule has 0 aliphatic carbocycles. The average Bonchev–Trinajstić information content (AvgIpc) is 2.88. The lowest BCUT2D eigenvalue weighted by atomic mass is 10.0. The van der Waals surface area contributed by atoms with Crippen LogP contribution in [0.4, 0.5) is 0 Å². The number of benzene rings is 1. The van der Waals surface area contributed by atoms with E-state index in [1.165, 1.54) is 22.2 Å². The second-order valence-corrected chi connectivity index (χ2v) is 6.77. The molecule has 24 heavy (non-hydrogen) atoms. The number of rotatable bonds is 4. The molecule has 0 spiro atoms.